The molecule has 1 atom stereocenters. The van der Waals surface area contributed by atoms with Crippen molar-refractivity contribution < 1.29 is 0 Å². The summed E-state index contributed by atoms with van der Waals surface area (Å²) in [5, 5.41) is 0. The van der Waals surface area contributed by atoms with Gasteiger partial charge in [0.1, 0.15) is 0 Å². The molecule has 0 radical (unpaired) electrons. The quantitative estimate of drug-likeness (QED) is 0.557. The van der Waals surface area contributed by atoms with Gasteiger partial charge in [0.05, 0.1) is 0 Å². The molecule has 0 spiro atoms. The summed E-state index contributed by atoms with van der Waals surface area (Å²) in [5.74, 6) is 0.829. The molecule has 74 valence electrons. The maximum atomic E-state index is 2.40. The summed E-state index contributed by atoms with van der Waals surface area (Å²) in [6.07, 6.45) is 11.5. The minimum absolute atomic E-state index is 0.829. The third-order valence-electron chi connectivity index (χ3n) is 3.04. The predicted molar refractivity (Wildman–Crippen MR) is 59.8 cm³/mol. The van der Waals surface area contributed by atoms with E-state index < -0.39 is 0 Å². The van der Waals surface area contributed by atoms with E-state index in [9.17, 15) is 0 Å². The predicted octanol–water partition coefficient (Wildman–Crippen LogP) is 4.48. The van der Waals surface area contributed by atoms with Crippen molar-refractivity contribution >= 4 is 0 Å². The number of hydrogen-bond donors (Lipinski definition) is 0. The Balaban J connectivity index is 2.29. The van der Waals surface area contributed by atoms with E-state index in [0.717, 1.165) is 5.92 Å². The largest absolute Gasteiger partial charge is 0.0808 e. The molecular formula is C13H22. The first-order valence-electron chi connectivity index (χ1n) is 5.58. The molecule has 1 aliphatic carbocycles. The highest BCUT2D eigenvalue weighted by molar-refractivity contribution is 5.27. The van der Waals surface area contributed by atoms with E-state index in [-0.39, 0.29) is 0 Å². The van der Waals surface area contributed by atoms with E-state index in [4.69, 9.17) is 0 Å². The van der Waals surface area contributed by atoms with E-state index in [0.29, 0.717) is 0 Å². The SMILES string of the molecule is CCCCCC1C=CC(C)=C(C)C1. The van der Waals surface area contributed by atoms with Crippen LogP contribution in [0.4, 0.5) is 0 Å². The monoisotopic (exact) mass is 178 g/mol. The van der Waals surface area contributed by atoms with Crippen LogP contribution in [0.2, 0.25) is 0 Å². The number of unbranched alkanes of at least 4 members (excludes halogenated alkanes) is 2. The van der Waals surface area contributed by atoms with E-state index in [1.807, 2.05) is 0 Å². The molecule has 0 aliphatic heterocycles. The van der Waals surface area contributed by atoms with Crippen molar-refractivity contribution in [1.82, 2.24) is 0 Å². The van der Waals surface area contributed by atoms with E-state index in [1.165, 1.54) is 37.7 Å². The molecule has 0 aromatic rings. The summed E-state index contributed by atoms with van der Waals surface area (Å²) in [6.45, 7) is 6.76. The molecule has 0 nitrogen and oxygen atoms in total. The van der Waals surface area contributed by atoms with Crippen molar-refractivity contribution in [3.63, 3.8) is 0 Å². The Bertz CT molecular complexity index is 208. The summed E-state index contributed by atoms with van der Waals surface area (Å²) in [4.78, 5) is 0. The average molecular weight is 178 g/mol. The van der Waals surface area contributed by atoms with Crippen LogP contribution in [0, 0.1) is 5.92 Å². The van der Waals surface area contributed by atoms with Crippen LogP contribution in [0.3, 0.4) is 0 Å². The van der Waals surface area contributed by atoms with Crippen LogP contribution >= 0.6 is 0 Å². The third-order valence-corrected chi connectivity index (χ3v) is 3.04. The molecule has 1 aliphatic rings. The Morgan fingerprint density at radius 2 is 2.08 bits per heavy atom. The number of rotatable bonds is 4. The van der Waals surface area contributed by atoms with Gasteiger partial charge in [0.25, 0.3) is 0 Å². The number of allylic oxidation sites excluding steroid dienone is 4. The van der Waals surface area contributed by atoms with Gasteiger partial charge in [0, 0.05) is 0 Å². The molecule has 0 aromatic heterocycles. The molecule has 0 saturated heterocycles. The molecule has 0 saturated carbocycles. The zero-order chi connectivity index (χ0) is 9.68. The summed E-state index contributed by atoms with van der Waals surface area (Å²) in [5.41, 5.74) is 3.07. The van der Waals surface area contributed by atoms with Crippen molar-refractivity contribution in [2.24, 2.45) is 5.92 Å². The Morgan fingerprint density at radius 1 is 1.31 bits per heavy atom. The molecule has 0 heteroatoms. The maximum absolute atomic E-state index is 2.40. The van der Waals surface area contributed by atoms with Crippen LogP contribution in [0.5, 0.6) is 0 Å². The fraction of sp³-hybridized carbons (Fsp3) is 0.692. The molecular weight excluding hydrogens is 156 g/mol. The van der Waals surface area contributed by atoms with E-state index in [1.54, 1.807) is 5.57 Å². The van der Waals surface area contributed by atoms with Crippen LogP contribution in [0.1, 0.15) is 52.9 Å². The molecule has 13 heavy (non-hydrogen) atoms. The van der Waals surface area contributed by atoms with Gasteiger partial charge in [-0.2, -0.15) is 0 Å². The Morgan fingerprint density at radius 3 is 2.69 bits per heavy atom. The van der Waals surface area contributed by atoms with Crippen molar-refractivity contribution in [2.45, 2.75) is 52.9 Å². The van der Waals surface area contributed by atoms with Gasteiger partial charge in [0.15, 0.2) is 0 Å². The summed E-state index contributed by atoms with van der Waals surface area (Å²) >= 11 is 0. The first-order valence-corrected chi connectivity index (χ1v) is 5.58. The highest BCUT2D eigenvalue weighted by Crippen LogP contribution is 2.26. The van der Waals surface area contributed by atoms with Crippen LogP contribution in [0.15, 0.2) is 23.3 Å². The van der Waals surface area contributed by atoms with Gasteiger partial charge in [-0.3, -0.25) is 0 Å². The standard InChI is InChI=1S/C13H22/c1-4-5-6-7-13-9-8-11(2)12(3)10-13/h8-9,13H,4-7,10H2,1-3H3. The van der Waals surface area contributed by atoms with Crippen molar-refractivity contribution in [3.8, 4) is 0 Å². The van der Waals surface area contributed by atoms with Crippen LogP contribution < -0.4 is 0 Å². The lowest BCUT2D eigenvalue weighted by atomic mass is 9.88. The fourth-order valence-corrected chi connectivity index (χ4v) is 1.90. The van der Waals surface area contributed by atoms with E-state index >= 15 is 0 Å². The second kappa shape index (κ2) is 5.26. The lowest BCUT2D eigenvalue weighted by Crippen LogP contribution is -2.02. The summed E-state index contributed by atoms with van der Waals surface area (Å²) in [7, 11) is 0. The van der Waals surface area contributed by atoms with E-state index in [2.05, 4.69) is 32.9 Å². The first-order chi connectivity index (χ1) is 6.24. The molecule has 0 N–H and O–H groups in total. The molecule has 0 amide bonds. The second-order valence-corrected chi connectivity index (χ2v) is 4.28. The lowest BCUT2D eigenvalue weighted by molar-refractivity contribution is 0.529. The Labute approximate surface area is 82.7 Å². The topological polar surface area (TPSA) is 0 Å². The van der Waals surface area contributed by atoms with Gasteiger partial charge >= 0.3 is 0 Å². The molecule has 0 bridgehead atoms. The van der Waals surface area contributed by atoms with Crippen molar-refractivity contribution in [2.75, 3.05) is 0 Å². The summed E-state index contributed by atoms with van der Waals surface area (Å²) in [6, 6.07) is 0. The lowest BCUT2D eigenvalue weighted by Gasteiger charge is -2.18. The van der Waals surface area contributed by atoms with Gasteiger partial charge in [-0.05, 0) is 32.6 Å². The van der Waals surface area contributed by atoms with Crippen molar-refractivity contribution in [1.29, 1.82) is 0 Å². The van der Waals surface area contributed by atoms with Gasteiger partial charge in [-0.15, -0.1) is 0 Å². The zero-order valence-electron chi connectivity index (χ0n) is 9.27. The normalized spacial score (nSPS) is 22.5. The first kappa shape index (κ1) is 10.6. The highest BCUT2D eigenvalue weighted by Gasteiger charge is 2.10. The van der Waals surface area contributed by atoms with Crippen LogP contribution in [0.25, 0.3) is 0 Å². The van der Waals surface area contributed by atoms with Crippen LogP contribution in [-0.2, 0) is 0 Å². The summed E-state index contributed by atoms with van der Waals surface area (Å²) < 4.78 is 0. The average Bonchev–Trinajstić information content (AvgIpc) is 2.12. The smallest absolute Gasteiger partial charge is 0.0193 e. The fourth-order valence-electron chi connectivity index (χ4n) is 1.90. The Kier molecular flexibility index (Phi) is 4.27. The van der Waals surface area contributed by atoms with Crippen LogP contribution in [-0.4, -0.2) is 0 Å². The molecule has 0 fully saturated rings. The second-order valence-electron chi connectivity index (χ2n) is 4.28. The minimum atomic E-state index is 0.829. The maximum Gasteiger partial charge on any atom is -0.0193 e. The third kappa shape index (κ3) is 3.38. The minimum Gasteiger partial charge on any atom is -0.0808 e. The Hall–Kier alpha value is -0.520. The van der Waals surface area contributed by atoms with Crippen molar-refractivity contribution in [3.05, 3.63) is 23.3 Å². The molecule has 0 heterocycles. The molecule has 1 unspecified atom stereocenters. The van der Waals surface area contributed by atoms with Gasteiger partial charge < -0.3 is 0 Å². The van der Waals surface area contributed by atoms with Gasteiger partial charge in [-0.25, -0.2) is 0 Å². The zero-order valence-corrected chi connectivity index (χ0v) is 9.27. The highest BCUT2D eigenvalue weighted by atomic mass is 14.2. The van der Waals surface area contributed by atoms with Gasteiger partial charge in [0.2, 0.25) is 0 Å². The number of hydrogen-bond acceptors (Lipinski definition) is 0. The molecule has 1 rings (SSSR count). The van der Waals surface area contributed by atoms with Gasteiger partial charge in [-0.1, -0.05) is 49.5 Å². The molecule has 0 aromatic carbocycles.